The van der Waals surface area contributed by atoms with Crippen molar-refractivity contribution in [3.05, 3.63) is 110 Å². The van der Waals surface area contributed by atoms with Crippen LogP contribution in [-0.2, 0) is 13.0 Å². The number of ether oxygens (including phenoxy) is 1. The van der Waals surface area contributed by atoms with Crippen molar-refractivity contribution < 1.29 is 14.3 Å². The number of benzene rings is 1. The molecule has 16 heteroatoms. The molecule has 8 rings (SSSR count). The molecular weight excluding hydrogens is 794 g/mol. The second-order valence-corrected chi connectivity index (χ2v) is 16.6. The summed E-state index contributed by atoms with van der Waals surface area (Å²) in [4.78, 5) is 57.2. The van der Waals surface area contributed by atoms with Gasteiger partial charge in [-0.05, 0) is 105 Å². The number of aromatic amines is 1. The minimum atomic E-state index is -0.238. The molecule has 5 aromatic rings. The molecule has 2 aliphatic heterocycles. The number of amides is 2. The third-order valence-electron chi connectivity index (χ3n) is 12.1. The predicted molar refractivity (Wildman–Crippen MR) is 233 cm³/mol. The van der Waals surface area contributed by atoms with Gasteiger partial charge >= 0.3 is 0 Å². The van der Waals surface area contributed by atoms with Gasteiger partial charge in [0, 0.05) is 76.2 Å². The number of aromatic nitrogens is 5. The van der Waals surface area contributed by atoms with Gasteiger partial charge in [-0.25, -0.2) is 4.98 Å². The number of rotatable bonds is 12. The number of H-pyrrole nitrogens is 1. The van der Waals surface area contributed by atoms with Gasteiger partial charge in [-0.2, -0.15) is 5.26 Å². The van der Waals surface area contributed by atoms with E-state index in [2.05, 4.69) is 56.6 Å². The van der Waals surface area contributed by atoms with Crippen LogP contribution in [0.3, 0.4) is 0 Å². The first kappa shape index (κ1) is 41.6. The summed E-state index contributed by atoms with van der Waals surface area (Å²) in [5.74, 6) is 1.29. The van der Waals surface area contributed by atoms with Crippen LogP contribution in [0.15, 0.2) is 71.8 Å². The van der Waals surface area contributed by atoms with E-state index in [9.17, 15) is 14.4 Å². The minimum absolute atomic E-state index is 0.0178. The molecule has 0 unspecified atom stereocenters. The van der Waals surface area contributed by atoms with Crippen LogP contribution in [0.2, 0.25) is 5.02 Å². The van der Waals surface area contributed by atoms with E-state index in [0.29, 0.717) is 40.9 Å². The van der Waals surface area contributed by atoms with Crippen molar-refractivity contribution in [2.75, 3.05) is 55.6 Å². The highest BCUT2D eigenvalue weighted by atomic mass is 35.5. The van der Waals surface area contributed by atoms with Crippen LogP contribution in [0.25, 0.3) is 11.0 Å². The maximum absolute atomic E-state index is 13.0. The van der Waals surface area contributed by atoms with Crippen molar-refractivity contribution in [2.45, 2.75) is 70.6 Å². The number of aryl methyl sites for hydroxylation is 1. The first-order valence-corrected chi connectivity index (χ1v) is 21.6. The molecule has 2 saturated heterocycles. The van der Waals surface area contributed by atoms with Gasteiger partial charge in [0.25, 0.3) is 17.4 Å². The highest BCUT2D eigenvalue weighted by Gasteiger charge is 2.26. The molecule has 316 valence electrons. The summed E-state index contributed by atoms with van der Waals surface area (Å²) in [5, 5.41) is 24.3. The summed E-state index contributed by atoms with van der Waals surface area (Å²) in [6.45, 7) is 8.28. The number of nitriles is 1. The Morgan fingerprint density at radius 1 is 0.869 bits per heavy atom. The number of anilines is 2. The number of piperazine rings is 1. The molecule has 3 fully saturated rings. The lowest BCUT2D eigenvalue weighted by molar-refractivity contribution is 0.0887. The number of fused-ring (bicyclic) bond motifs is 1. The fourth-order valence-electron chi connectivity index (χ4n) is 8.39. The quantitative estimate of drug-likeness (QED) is 0.148. The fraction of sp³-hybridized carbons (Fsp3) is 0.422. The Balaban J connectivity index is 0.722. The van der Waals surface area contributed by atoms with Crippen LogP contribution in [-0.4, -0.2) is 99.8 Å². The largest absolute Gasteiger partial charge is 0.490 e. The lowest BCUT2D eigenvalue weighted by atomic mass is 9.93. The molecule has 6 heterocycles. The molecule has 1 aromatic carbocycles. The standard InChI is InChI=1S/C45H50ClN11O4/c1-2-31-22-40-41(52-43(31)58)21-30(26-48-40)28-55-17-19-56(20-18-55)34-6-10-38(49-27-34)44(59)50-25-29-13-15-57(16-14-29)42-12-11-39(53-54-42)45(60)51-33-4-8-35(9-5-33)61-36-7-3-32(24-47)37(46)23-36/h3,6-7,10-12,21-23,26-27,29,33,35H,2,4-5,8-9,13-20,25,28H2,1H3,(H,50,59)(H,51,60)(H,52,58). The average Bonchev–Trinajstić information content (AvgIpc) is 3.29. The normalized spacial score (nSPS) is 18.7. The lowest BCUT2D eigenvalue weighted by Crippen LogP contribution is -2.46. The van der Waals surface area contributed by atoms with E-state index in [0.717, 1.165) is 118 Å². The fourth-order valence-corrected chi connectivity index (χ4v) is 8.60. The minimum Gasteiger partial charge on any atom is -0.490 e. The van der Waals surface area contributed by atoms with Gasteiger partial charge in [0.1, 0.15) is 17.5 Å². The SMILES string of the molecule is CCc1cc2ncc(CN3CCN(c4ccc(C(=O)NCC5CCN(c6ccc(C(=O)NC7CCC(Oc8ccc(C#N)c(Cl)c8)CC7)nn6)CC5)nc4)CC3)cc2[nH]c1=O. The van der Waals surface area contributed by atoms with Gasteiger partial charge in [0.15, 0.2) is 11.5 Å². The number of carbonyl (C=O) groups excluding carboxylic acids is 2. The van der Waals surface area contributed by atoms with Crippen LogP contribution in [0.4, 0.5) is 11.5 Å². The van der Waals surface area contributed by atoms with E-state index < -0.39 is 0 Å². The molecule has 0 radical (unpaired) electrons. The van der Waals surface area contributed by atoms with Crippen molar-refractivity contribution in [3.63, 3.8) is 0 Å². The Kier molecular flexibility index (Phi) is 13.0. The molecule has 1 saturated carbocycles. The van der Waals surface area contributed by atoms with E-state index in [1.54, 1.807) is 36.5 Å². The summed E-state index contributed by atoms with van der Waals surface area (Å²) in [5.41, 5.74) is 5.44. The van der Waals surface area contributed by atoms with Crippen molar-refractivity contribution >= 4 is 46.0 Å². The van der Waals surface area contributed by atoms with Gasteiger partial charge in [-0.15, -0.1) is 10.2 Å². The number of piperidine rings is 1. The molecule has 1 aliphatic carbocycles. The topological polar surface area (TPSA) is 185 Å². The second kappa shape index (κ2) is 19.1. The van der Waals surface area contributed by atoms with E-state index >= 15 is 0 Å². The number of carbonyl (C=O) groups is 2. The zero-order valence-corrected chi connectivity index (χ0v) is 35.0. The molecule has 0 spiro atoms. The zero-order valence-electron chi connectivity index (χ0n) is 34.3. The maximum Gasteiger partial charge on any atom is 0.272 e. The van der Waals surface area contributed by atoms with E-state index in [4.69, 9.17) is 21.6 Å². The smallest absolute Gasteiger partial charge is 0.272 e. The number of nitrogens with zero attached hydrogens (tertiary/aromatic N) is 8. The van der Waals surface area contributed by atoms with Crippen molar-refractivity contribution in [1.29, 1.82) is 5.26 Å². The molecule has 0 atom stereocenters. The van der Waals surface area contributed by atoms with Gasteiger partial charge in [-0.3, -0.25) is 24.3 Å². The molecule has 3 aliphatic rings. The second-order valence-electron chi connectivity index (χ2n) is 16.2. The van der Waals surface area contributed by atoms with Crippen LogP contribution in [0.1, 0.15) is 83.1 Å². The van der Waals surface area contributed by atoms with E-state index in [-0.39, 0.29) is 35.2 Å². The Labute approximate surface area is 359 Å². The molecule has 4 aromatic heterocycles. The average molecular weight is 844 g/mol. The highest BCUT2D eigenvalue weighted by molar-refractivity contribution is 6.31. The Hall–Kier alpha value is -6.11. The Morgan fingerprint density at radius 2 is 1.66 bits per heavy atom. The number of hydrogen-bond donors (Lipinski definition) is 3. The van der Waals surface area contributed by atoms with Crippen LogP contribution >= 0.6 is 11.6 Å². The molecule has 3 N–H and O–H groups in total. The lowest BCUT2D eigenvalue weighted by Gasteiger charge is -2.36. The van der Waals surface area contributed by atoms with Crippen molar-refractivity contribution in [1.82, 2.24) is 40.7 Å². The number of nitrogens with one attached hydrogen (secondary N) is 3. The van der Waals surface area contributed by atoms with Crippen LogP contribution in [0, 0.1) is 17.2 Å². The monoisotopic (exact) mass is 843 g/mol. The Morgan fingerprint density at radius 3 is 2.34 bits per heavy atom. The highest BCUT2D eigenvalue weighted by Crippen LogP contribution is 2.28. The number of pyridine rings is 3. The van der Waals surface area contributed by atoms with Crippen molar-refractivity contribution in [2.24, 2.45) is 5.92 Å². The summed E-state index contributed by atoms with van der Waals surface area (Å²) in [7, 11) is 0. The van der Waals surface area contributed by atoms with E-state index in [1.165, 1.54) is 0 Å². The summed E-state index contributed by atoms with van der Waals surface area (Å²) in [6, 6.07) is 18.4. The zero-order chi connectivity index (χ0) is 42.3. The molecule has 61 heavy (non-hydrogen) atoms. The van der Waals surface area contributed by atoms with Gasteiger partial charge in [0.05, 0.1) is 39.6 Å². The third kappa shape index (κ3) is 10.3. The molecular formula is C45H50ClN11O4. The van der Waals surface area contributed by atoms with Crippen LogP contribution in [0.5, 0.6) is 5.75 Å². The summed E-state index contributed by atoms with van der Waals surface area (Å²) in [6.07, 6.45) is 9.30. The maximum atomic E-state index is 13.0. The first-order valence-electron chi connectivity index (χ1n) is 21.2. The predicted octanol–water partition coefficient (Wildman–Crippen LogP) is 5.28. The number of hydrogen-bond acceptors (Lipinski definition) is 12. The first-order chi connectivity index (χ1) is 29.7. The number of halogens is 1. The van der Waals surface area contributed by atoms with Crippen molar-refractivity contribution in [3.8, 4) is 11.8 Å². The summed E-state index contributed by atoms with van der Waals surface area (Å²) < 4.78 is 6.08. The molecule has 2 amide bonds. The summed E-state index contributed by atoms with van der Waals surface area (Å²) >= 11 is 6.15. The molecule has 0 bridgehead atoms. The van der Waals surface area contributed by atoms with Gasteiger partial charge in [0.2, 0.25) is 0 Å². The molecule has 15 nitrogen and oxygen atoms in total. The van der Waals surface area contributed by atoms with Gasteiger partial charge in [-0.1, -0.05) is 18.5 Å². The third-order valence-corrected chi connectivity index (χ3v) is 12.4. The Bertz CT molecular complexity index is 2430. The van der Waals surface area contributed by atoms with Crippen LogP contribution < -0.4 is 30.7 Å². The van der Waals surface area contributed by atoms with E-state index in [1.807, 2.05) is 37.4 Å². The van der Waals surface area contributed by atoms with Gasteiger partial charge < -0.3 is 30.2 Å².